The summed E-state index contributed by atoms with van der Waals surface area (Å²) in [6.07, 6.45) is 5.15. The molecule has 0 atom stereocenters. The van der Waals surface area contributed by atoms with Crippen molar-refractivity contribution in [1.29, 1.82) is 0 Å². The fourth-order valence-corrected chi connectivity index (χ4v) is 2.07. The summed E-state index contributed by atoms with van der Waals surface area (Å²) in [4.78, 5) is 28.1. The fourth-order valence-electron chi connectivity index (χ4n) is 2.07. The summed E-state index contributed by atoms with van der Waals surface area (Å²) in [6.45, 7) is 8.70. The zero-order valence-electron chi connectivity index (χ0n) is 11.4. The monoisotopic (exact) mass is 244 g/mol. The Bertz CT molecular complexity index is 224. The number of hydrogen-bond acceptors (Lipinski definition) is 4. The average Bonchev–Trinajstić information content (AvgIpc) is 2.30. The summed E-state index contributed by atoms with van der Waals surface area (Å²) >= 11 is 0. The standard InChI is InChI=1S/C12H24O2.CO2/c1-5-9-12(7-3,10-6-2)11(13)14-8-4;2-1-3/h5-10H2,1-4H3;. The lowest BCUT2D eigenvalue weighted by Gasteiger charge is -2.29. The van der Waals surface area contributed by atoms with Crippen LogP contribution in [-0.4, -0.2) is 18.7 Å². The molecule has 0 aromatic heterocycles. The van der Waals surface area contributed by atoms with E-state index in [1.54, 1.807) is 0 Å². The third-order valence-electron chi connectivity index (χ3n) is 2.84. The van der Waals surface area contributed by atoms with Crippen molar-refractivity contribution in [2.24, 2.45) is 5.41 Å². The Balaban J connectivity index is 0. The maximum absolute atomic E-state index is 11.9. The van der Waals surface area contributed by atoms with Gasteiger partial charge in [-0.1, -0.05) is 33.6 Å². The van der Waals surface area contributed by atoms with Gasteiger partial charge in [-0.15, -0.1) is 0 Å². The number of esters is 1. The van der Waals surface area contributed by atoms with Gasteiger partial charge in [0.1, 0.15) is 0 Å². The number of hydrogen-bond donors (Lipinski definition) is 0. The summed E-state index contributed by atoms with van der Waals surface area (Å²) in [5, 5.41) is 0. The normalized spacial score (nSPS) is 9.88. The van der Waals surface area contributed by atoms with Crippen LogP contribution in [0.1, 0.15) is 59.8 Å². The minimum absolute atomic E-state index is 0.00574. The van der Waals surface area contributed by atoms with E-state index in [4.69, 9.17) is 14.3 Å². The Kier molecular flexibility index (Phi) is 12.2. The van der Waals surface area contributed by atoms with Crippen LogP contribution in [0.25, 0.3) is 0 Å². The molecule has 4 nitrogen and oxygen atoms in total. The van der Waals surface area contributed by atoms with Gasteiger partial charge in [0, 0.05) is 0 Å². The van der Waals surface area contributed by atoms with Gasteiger partial charge < -0.3 is 4.74 Å². The van der Waals surface area contributed by atoms with Crippen LogP contribution in [0.4, 0.5) is 0 Å². The molecule has 0 radical (unpaired) electrons. The molecule has 0 amide bonds. The van der Waals surface area contributed by atoms with Crippen molar-refractivity contribution in [3.05, 3.63) is 0 Å². The quantitative estimate of drug-likeness (QED) is 0.646. The number of rotatable bonds is 7. The molecule has 0 bridgehead atoms. The van der Waals surface area contributed by atoms with Gasteiger partial charge in [-0.2, -0.15) is 9.59 Å². The second-order valence-corrected chi connectivity index (χ2v) is 3.94. The average molecular weight is 244 g/mol. The summed E-state index contributed by atoms with van der Waals surface area (Å²) in [5.74, 6) is 0.00574. The third kappa shape index (κ3) is 6.90. The first-order valence-electron chi connectivity index (χ1n) is 6.24. The van der Waals surface area contributed by atoms with Gasteiger partial charge in [0.2, 0.25) is 0 Å². The van der Waals surface area contributed by atoms with E-state index in [2.05, 4.69) is 20.8 Å². The van der Waals surface area contributed by atoms with Crippen LogP contribution in [0, 0.1) is 5.41 Å². The smallest absolute Gasteiger partial charge is 0.373 e. The van der Waals surface area contributed by atoms with Crippen molar-refractivity contribution in [2.75, 3.05) is 6.61 Å². The van der Waals surface area contributed by atoms with Gasteiger partial charge in [0.25, 0.3) is 0 Å². The first kappa shape index (κ1) is 18.2. The molecule has 0 aromatic rings. The topological polar surface area (TPSA) is 60.4 Å². The predicted octanol–water partition coefficient (Wildman–Crippen LogP) is 2.96. The van der Waals surface area contributed by atoms with Crippen molar-refractivity contribution >= 4 is 12.1 Å². The molecule has 0 rings (SSSR count). The molecule has 0 aliphatic rings. The van der Waals surface area contributed by atoms with Crippen molar-refractivity contribution in [3.63, 3.8) is 0 Å². The number of ether oxygens (including phenoxy) is 1. The zero-order valence-corrected chi connectivity index (χ0v) is 11.4. The molecular formula is C13H24O4. The largest absolute Gasteiger partial charge is 0.466 e. The Labute approximate surface area is 104 Å². The molecule has 0 N–H and O–H groups in total. The van der Waals surface area contributed by atoms with E-state index < -0.39 is 0 Å². The Morgan fingerprint density at radius 1 is 1.06 bits per heavy atom. The van der Waals surface area contributed by atoms with Gasteiger partial charge >= 0.3 is 12.1 Å². The molecule has 4 heteroatoms. The molecule has 100 valence electrons. The molecule has 0 saturated heterocycles. The van der Waals surface area contributed by atoms with Crippen molar-refractivity contribution in [1.82, 2.24) is 0 Å². The van der Waals surface area contributed by atoms with E-state index in [0.29, 0.717) is 6.61 Å². The third-order valence-corrected chi connectivity index (χ3v) is 2.84. The van der Waals surface area contributed by atoms with Crippen molar-refractivity contribution in [3.8, 4) is 0 Å². The molecule has 0 unspecified atom stereocenters. The molecule has 0 fully saturated rings. The highest BCUT2D eigenvalue weighted by Crippen LogP contribution is 2.34. The second kappa shape index (κ2) is 11.3. The molecule has 0 heterocycles. The lowest BCUT2D eigenvalue weighted by Crippen LogP contribution is -2.32. The zero-order chi connectivity index (χ0) is 13.7. The highest BCUT2D eigenvalue weighted by atomic mass is 16.5. The summed E-state index contributed by atoms with van der Waals surface area (Å²) in [7, 11) is 0. The van der Waals surface area contributed by atoms with Crippen molar-refractivity contribution < 1.29 is 19.1 Å². The van der Waals surface area contributed by atoms with Crippen molar-refractivity contribution in [2.45, 2.75) is 59.8 Å². The number of carbonyl (C=O) groups excluding carboxylic acids is 3. The predicted molar refractivity (Wildman–Crippen MR) is 64.2 cm³/mol. The Hall–Kier alpha value is -1.15. The van der Waals surface area contributed by atoms with E-state index in [9.17, 15) is 4.79 Å². The van der Waals surface area contributed by atoms with Gasteiger partial charge in [0.05, 0.1) is 12.0 Å². The van der Waals surface area contributed by atoms with Gasteiger partial charge in [0.15, 0.2) is 0 Å². The van der Waals surface area contributed by atoms with Crippen LogP contribution in [0.2, 0.25) is 0 Å². The lowest BCUT2D eigenvalue weighted by molar-refractivity contribution is -0.191. The molecule has 0 aliphatic carbocycles. The molecule has 0 aromatic carbocycles. The van der Waals surface area contributed by atoms with Gasteiger partial charge in [-0.05, 0) is 26.2 Å². The van der Waals surface area contributed by atoms with E-state index in [-0.39, 0.29) is 17.5 Å². The maximum Gasteiger partial charge on any atom is 0.373 e. The van der Waals surface area contributed by atoms with Crippen LogP contribution in [0.5, 0.6) is 0 Å². The van der Waals surface area contributed by atoms with Gasteiger partial charge in [-0.3, -0.25) is 4.79 Å². The Morgan fingerprint density at radius 2 is 1.47 bits per heavy atom. The van der Waals surface area contributed by atoms with Crippen LogP contribution in [0.3, 0.4) is 0 Å². The van der Waals surface area contributed by atoms with Crippen LogP contribution < -0.4 is 0 Å². The minimum atomic E-state index is -0.209. The first-order valence-corrected chi connectivity index (χ1v) is 6.24. The van der Waals surface area contributed by atoms with E-state index in [0.717, 1.165) is 32.1 Å². The molecular weight excluding hydrogens is 220 g/mol. The highest BCUT2D eigenvalue weighted by molar-refractivity contribution is 5.76. The summed E-state index contributed by atoms with van der Waals surface area (Å²) in [5.41, 5.74) is -0.209. The van der Waals surface area contributed by atoms with Crippen LogP contribution >= 0.6 is 0 Å². The molecule has 17 heavy (non-hydrogen) atoms. The lowest BCUT2D eigenvalue weighted by atomic mass is 9.77. The van der Waals surface area contributed by atoms with E-state index in [1.807, 2.05) is 6.92 Å². The van der Waals surface area contributed by atoms with E-state index >= 15 is 0 Å². The second-order valence-electron chi connectivity index (χ2n) is 3.94. The summed E-state index contributed by atoms with van der Waals surface area (Å²) in [6, 6.07) is 0. The molecule has 0 spiro atoms. The SMILES string of the molecule is CCCC(CC)(CCC)C(=O)OCC.O=C=O. The van der Waals surface area contributed by atoms with Gasteiger partial charge in [-0.25, -0.2) is 0 Å². The fraction of sp³-hybridized carbons (Fsp3) is 0.846. The van der Waals surface area contributed by atoms with Crippen LogP contribution in [0.15, 0.2) is 0 Å². The first-order chi connectivity index (χ1) is 8.08. The number of carbonyl (C=O) groups is 1. The Morgan fingerprint density at radius 3 is 1.71 bits per heavy atom. The maximum atomic E-state index is 11.9. The van der Waals surface area contributed by atoms with E-state index in [1.165, 1.54) is 0 Å². The molecule has 0 aliphatic heterocycles. The highest BCUT2D eigenvalue weighted by Gasteiger charge is 2.35. The minimum Gasteiger partial charge on any atom is -0.466 e. The summed E-state index contributed by atoms with van der Waals surface area (Å²) < 4.78 is 5.16. The molecule has 0 saturated carbocycles. The van der Waals surface area contributed by atoms with Crippen LogP contribution in [-0.2, 0) is 19.1 Å².